The molecular formula is C11H13FN2O. The number of nitrogens with zero attached hydrogens (tertiary/aromatic N) is 2. The van der Waals surface area contributed by atoms with Crippen molar-refractivity contribution in [1.29, 1.82) is 0 Å². The summed E-state index contributed by atoms with van der Waals surface area (Å²) in [6.45, 7) is 3.11. The van der Waals surface area contributed by atoms with E-state index in [0.29, 0.717) is 42.9 Å². The summed E-state index contributed by atoms with van der Waals surface area (Å²) in [5.41, 5.74) is 1.40. The average molecular weight is 208 g/mol. The van der Waals surface area contributed by atoms with Crippen LogP contribution < -0.4 is 0 Å². The molecule has 2 heterocycles. The lowest BCUT2D eigenvalue weighted by Crippen LogP contribution is -2.16. The van der Waals surface area contributed by atoms with E-state index in [4.69, 9.17) is 4.74 Å². The molecule has 1 aromatic heterocycles. The van der Waals surface area contributed by atoms with E-state index in [1.54, 1.807) is 0 Å². The molecular weight excluding hydrogens is 195 g/mol. The van der Waals surface area contributed by atoms with Gasteiger partial charge < -0.3 is 4.74 Å². The van der Waals surface area contributed by atoms with E-state index in [0.717, 1.165) is 12.1 Å². The second kappa shape index (κ2) is 3.23. The first kappa shape index (κ1) is 9.21. The predicted molar refractivity (Wildman–Crippen MR) is 51.9 cm³/mol. The van der Waals surface area contributed by atoms with Gasteiger partial charge in [-0.05, 0) is 12.3 Å². The van der Waals surface area contributed by atoms with Crippen molar-refractivity contribution >= 4 is 0 Å². The highest BCUT2D eigenvalue weighted by Crippen LogP contribution is 2.45. The van der Waals surface area contributed by atoms with Gasteiger partial charge in [0.25, 0.3) is 0 Å². The van der Waals surface area contributed by atoms with E-state index in [9.17, 15) is 4.39 Å². The Balaban J connectivity index is 2.01. The number of hydrogen-bond donors (Lipinski definition) is 0. The van der Waals surface area contributed by atoms with Crippen LogP contribution in [0.25, 0.3) is 0 Å². The zero-order valence-corrected chi connectivity index (χ0v) is 8.66. The summed E-state index contributed by atoms with van der Waals surface area (Å²) < 4.78 is 18.8. The maximum atomic E-state index is 13.6. The summed E-state index contributed by atoms with van der Waals surface area (Å²) in [5, 5.41) is 0. The van der Waals surface area contributed by atoms with Gasteiger partial charge in [0.1, 0.15) is 5.82 Å². The molecule has 1 aliphatic carbocycles. The van der Waals surface area contributed by atoms with Crippen molar-refractivity contribution in [3.05, 3.63) is 23.0 Å². The maximum Gasteiger partial charge on any atom is 0.221 e. The second-order valence-electron chi connectivity index (χ2n) is 4.42. The summed E-state index contributed by atoms with van der Waals surface area (Å²) in [6.07, 6.45) is 1.80. The summed E-state index contributed by atoms with van der Waals surface area (Å²) in [5.74, 6) is 1.31. The quantitative estimate of drug-likeness (QED) is 0.660. The fourth-order valence-electron chi connectivity index (χ4n) is 2.06. The first-order valence-electron chi connectivity index (χ1n) is 5.38. The Morgan fingerprint density at radius 2 is 2.20 bits per heavy atom. The summed E-state index contributed by atoms with van der Waals surface area (Å²) >= 11 is 0. The van der Waals surface area contributed by atoms with Gasteiger partial charge >= 0.3 is 0 Å². The SMILES string of the molecule is CC1CC1c1nc(F)c2c(n1)CCOC2. The second-order valence-corrected chi connectivity index (χ2v) is 4.42. The van der Waals surface area contributed by atoms with Crippen LogP contribution in [0.2, 0.25) is 0 Å². The van der Waals surface area contributed by atoms with Gasteiger partial charge in [0.15, 0.2) is 0 Å². The highest BCUT2D eigenvalue weighted by atomic mass is 19.1. The lowest BCUT2D eigenvalue weighted by Gasteiger charge is -2.16. The molecule has 2 atom stereocenters. The summed E-state index contributed by atoms with van der Waals surface area (Å²) in [7, 11) is 0. The number of halogens is 1. The molecule has 0 N–H and O–H groups in total. The van der Waals surface area contributed by atoms with Crippen molar-refractivity contribution in [3.63, 3.8) is 0 Å². The minimum atomic E-state index is -0.381. The van der Waals surface area contributed by atoms with Crippen molar-refractivity contribution in [2.45, 2.75) is 32.3 Å². The minimum absolute atomic E-state index is 0.321. The Labute approximate surface area is 87.7 Å². The number of rotatable bonds is 1. The topological polar surface area (TPSA) is 35.0 Å². The third kappa shape index (κ3) is 1.53. The van der Waals surface area contributed by atoms with E-state index in [-0.39, 0.29) is 5.95 Å². The van der Waals surface area contributed by atoms with Crippen LogP contribution in [0.1, 0.15) is 36.3 Å². The van der Waals surface area contributed by atoms with E-state index in [1.807, 2.05) is 0 Å². The van der Waals surface area contributed by atoms with Gasteiger partial charge in [-0.1, -0.05) is 6.92 Å². The number of hydrogen-bond acceptors (Lipinski definition) is 3. The molecule has 0 amide bonds. The lowest BCUT2D eigenvalue weighted by atomic mass is 10.1. The number of fused-ring (bicyclic) bond motifs is 1. The monoisotopic (exact) mass is 208 g/mol. The molecule has 4 heteroatoms. The van der Waals surface area contributed by atoms with Crippen LogP contribution in [0.3, 0.4) is 0 Å². The Morgan fingerprint density at radius 3 is 2.93 bits per heavy atom. The van der Waals surface area contributed by atoms with Crippen LogP contribution in [0, 0.1) is 11.9 Å². The van der Waals surface area contributed by atoms with Crippen LogP contribution in [0.15, 0.2) is 0 Å². The third-order valence-electron chi connectivity index (χ3n) is 3.23. The highest BCUT2D eigenvalue weighted by molar-refractivity contribution is 5.23. The molecule has 80 valence electrons. The van der Waals surface area contributed by atoms with E-state index >= 15 is 0 Å². The van der Waals surface area contributed by atoms with Gasteiger partial charge in [0, 0.05) is 12.3 Å². The van der Waals surface area contributed by atoms with Crippen LogP contribution in [0.5, 0.6) is 0 Å². The van der Waals surface area contributed by atoms with Gasteiger partial charge in [-0.15, -0.1) is 0 Å². The van der Waals surface area contributed by atoms with Crippen LogP contribution >= 0.6 is 0 Å². The van der Waals surface area contributed by atoms with E-state index < -0.39 is 0 Å². The zero-order valence-electron chi connectivity index (χ0n) is 8.66. The van der Waals surface area contributed by atoms with Crippen molar-refractivity contribution < 1.29 is 9.13 Å². The van der Waals surface area contributed by atoms with Crippen molar-refractivity contribution in [3.8, 4) is 0 Å². The third-order valence-corrected chi connectivity index (χ3v) is 3.23. The maximum absolute atomic E-state index is 13.6. The van der Waals surface area contributed by atoms with E-state index in [2.05, 4.69) is 16.9 Å². The molecule has 1 aromatic rings. The fraction of sp³-hybridized carbons (Fsp3) is 0.636. The normalized spacial score (nSPS) is 28.7. The minimum Gasteiger partial charge on any atom is -0.376 e. The number of ether oxygens (including phenoxy) is 1. The average Bonchev–Trinajstić information content (AvgIpc) is 2.96. The fourth-order valence-corrected chi connectivity index (χ4v) is 2.06. The Bertz CT molecular complexity index is 408. The molecule has 3 rings (SSSR count). The zero-order chi connectivity index (χ0) is 10.4. The molecule has 0 saturated heterocycles. The van der Waals surface area contributed by atoms with Crippen LogP contribution in [-0.2, 0) is 17.8 Å². The Morgan fingerprint density at radius 1 is 1.40 bits per heavy atom. The van der Waals surface area contributed by atoms with Gasteiger partial charge in [0.05, 0.1) is 24.5 Å². The van der Waals surface area contributed by atoms with Crippen molar-refractivity contribution in [2.24, 2.45) is 5.92 Å². The molecule has 0 spiro atoms. The molecule has 0 aromatic carbocycles. The summed E-state index contributed by atoms with van der Waals surface area (Å²) in [4.78, 5) is 8.40. The van der Waals surface area contributed by atoms with Gasteiger partial charge in [-0.2, -0.15) is 4.39 Å². The highest BCUT2D eigenvalue weighted by Gasteiger charge is 2.37. The molecule has 2 aliphatic rings. The van der Waals surface area contributed by atoms with Crippen LogP contribution in [0.4, 0.5) is 4.39 Å². The van der Waals surface area contributed by atoms with Gasteiger partial charge in [-0.25, -0.2) is 9.97 Å². The van der Waals surface area contributed by atoms with Crippen molar-refractivity contribution in [1.82, 2.24) is 9.97 Å². The largest absolute Gasteiger partial charge is 0.376 e. The molecule has 1 fully saturated rings. The molecule has 15 heavy (non-hydrogen) atoms. The van der Waals surface area contributed by atoms with Crippen LogP contribution in [-0.4, -0.2) is 16.6 Å². The molecule has 3 nitrogen and oxygen atoms in total. The molecule has 2 unspecified atom stereocenters. The Kier molecular flexibility index (Phi) is 1.99. The van der Waals surface area contributed by atoms with Gasteiger partial charge in [-0.3, -0.25) is 0 Å². The summed E-state index contributed by atoms with van der Waals surface area (Å²) in [6, 6.07) is 0. The van der Waals surface area contributed by atoms with E-state index in [1.165, 1.54) is 0 Å². The Hall–Kier alpha value is -1.03. The number of aromatic nitrogens is 2. The first-order valence-corrected chi connectivity index (χ1v) is 5.38. The molecule has 0 bridgehead atoms. The first-order chi connectivity index (χ1) is 7.25. The standard InChI is InChI=1S/C11H13FN2O/c1-6-4-7(6)11-13-9-2-3-15-5-8(9)10(12)14-11/h6-7H,2-5H2,1H3. The molecule has 1 saturated carbocycles. The predicted octanol–water partition coefficient (Wildman–Crippen LogP) is 1.81. The smallest absolute Gasteiger partial charge is 0.221 e. The molecule has 0 radical (unpaired) electrons. The lowest BCUT2D eigenvalue weighted by molar-refractivity contribution is 0.105. The van der Waals surface area contributed by atoms with Gasteiger partial charge in [0.2, 0.25) is 5.95 Å². The molecule has 1 aliphatic heterocycles. The van der Waals surface area contributed by atoms with Crippen molar-refractivity contribution in [2.75, 3.05) is 6.61 Å².